The van der Waals surface area contributed by atoms with Crippen molar-refractivity contribution >= 4 is 17.7 Å². The molecule has 0 heterocycles. The molecule has 0 atom stereocenters. The number of Topliss-reactive ketones (excluding diaryl/α,β-unsaturated/α-hetero) is 1. The van der Waals surface area contributed by atoms with E-state index in [1.165, 1.54) is 6.92 Å². The number of carboxylic acids is 1. The number of hydrogen-bond donors (Lipinski definition) is 1. The fourth-order valence-electron chi connectivity index (χ4n) is 1.26. The van der Waals surface area contributed by atoms with Gasteiger partial charge in [-0.2, -0.15) is 0 Å². The minimum atomic E-state index is -1.72. The van der Waals surface area contributed by atoms with Crippen molar-refractivity contribution in [1.29, 1.82) is 0 Å². The van der Waals surface area contributed by atoms with Gasteiger partial charge >= 0.3 is 11.9 Å². The third-order valence-corrected chi connectivity index (χ3v) is 2.21. The predicted molar refractivity (Wildman–Crippen MR) is 54.4 cm³/mol. The van der Waals surface area contributed by atoms with Crippen molar-refractivity contribution in [2.24, 2.45) is 0 Å². The van der Waals surface area contributed by atoms with Crippen LogP contribution in [0, 0.1) is 12.7 Å². The van der Waals surface area contributed by atoms with Crippen LogP contribution in [0.1, 0.15) is 26.3 Å². The van der Waals surface area contributed by atoms with Crippen molar-refractivity contribution in [3.63, 3.8) is 0 Å². The highest BCUT2D eigenvalue weighted by atomic mass is 19.1. The molecule has 1 aromatic rings. The predicted octanol–water partition coefficient (Wildman–Crippen LogP) is 1.19. The van der Waals surface area contributed by atoms with E-state index in [4.69, 9.17) is 5.11 Å². The van der Waals surface area contributed by atoms with E-state index < -0.39 is 29.1 Å². The van der Waals surface area contributed by atoms with Crippen LogP contribution in [0.25, 0.3) is 0 Å². The number of rotatable bonds is 3. The molecule has 17 heavy (non-hydrogen) atoms. The molecule has 0 radical (unpaired) electrons. The fraction of sp³-hybridized carbons (Fsp3) is 0.182. The highest BCUT2D eigenvalue weighted by Gasteiger charge is 2.21. The summed E-state index contributed by atoms with van der Waals surface area (Å²) >= 11 is 0. The van der Waals surface area contributed by atoms with Crippen LogP contribution in [0.4, 0.5) is 4.39 Å². The Hall–Kier alpha value is -2.24. The first-order valence-electron chi connectivity index (χ1n) is 4.54. The van der Waals surface area contributed by atoms with Crippen LogP contribution in [0.15, 0.2) is 12.1 Å². The zero-order chi connectivity index (χ0) is 13.2. The smallest absolute Gasteiger partial charge is 0.377 e. The number of halogens is 1. The molecule has 0 aliphatic carbocycles. The Balaban J connectivity index is 3.38. The number of ether oxygens (including phenoxy) is 1. The number of carbonyl (C=O) groups is 3. The Labute approximate surface area is 95.8 Å². The van der Waals surface area contributed by atoms with Crippen molar-refractivity contribution in [2.45, 2.75) is 6.92 Å². The topological polar surface area (TPSA) is 80.7 Å². The molecule has 0 amide bonds. The number of carboxylic acid groups (broad SMARTS) is 1. The van der Waals surface area contributed by atoms with Crippen LogP contribution in [0.2, 0.25) is 0 Å². The second-order valence-corrected chi connectivity index (χ2v) is 3.26. The van der Waals surface area contributed by atoms with Crippen molar-refractivity contribution in [3.8, 4) is 0 Å². The number of hydrogen-bond acceptors (Lipinski definition) is 4. The standard InChI is InChI=1S/C11H9FO5/c1-5-7(11(16)17-2)3-6(4-8(5)12)9(13)10(14)15/h3-4H,1-2H3,(H,14,15). The molecule has 5 nitrogen and oxygen atoms in total. The summed E-state index contributed by atoms with van der Waals surface area (Å²) < 4.78 is 17.8. The molecule has 0 spiro atoms. The van der Waals surface area contributed by atoms with Crippen molar-refractivity contribution in [2.75, 3.05) is 7.11 Å². The molecule has 90 valence electrons. The molecular formula is C11H9FO5. The Morgan fingerprint density at radius 2 is 1.88 bits per heavy atom. The maximum Gasteiger partial charge on any atom is 0.377 e. The van der Waals surface area contributed by atoms with Crippen molar-refractivity contribution < 1.29 is 28.6 Å². The van der Waals surface area contributed by atoms with E-state index in [2.05, 4.69) is 4.74 Å². The largest absolute Gasteiger partial charge is 0.475 e. The molecular weight excluding hydrogens is 231 g/mol. The first-order chi connectivity index (χ1) is 7.88. The van der Waals surface area contributed by atoms with Gasteiger partial charge in [0, 0.05) is 5.56 Å². The lowest BCUT2D eigenvalue weighted by atomic mass is 10.0. The van der Waals surface area contributed by atoms with Gasteiger partial charge < -0.3 is 9.84 Å². The fourth-order valence-corrected chi connectivity index (χ4v) is 1.26. The summed E-state index contributed by atoms with van der Waals surface area (Å²) in [5, 5.41) is 8.49. The quantitative estimate of drug-likeness (QED) is 0.487. The molecule has 0 aromatic heterocycles. The number of esters is 1. The van der Waals surface area contributed by atoms with Gasteiger partial charge in [0.15, 0.2) is 0 Å². The lowest BCUT2D eigenvalue weighted by molar-refractivity contribution is -0.131. The Morgan fingerprint density at radius 3 is 2.35 bits per heavy atom. The van der Waals surface area contributed by atoms with Crippen LogP contribution >= 0.6 is 0 Å². The average Bonchev–Trinajstić information content (AvgIpc) is 2.30. The van der Waals surface area contributed by atoms with E-state index in [9.17, 15) is 18.8 Å². The van der Waals surface area contributed by atoms with Crippen LogP contribution in [0.3, 0.4) is 0 Å². The van der Waals surface area contributed by atoms with E-state index in [-0.39, 0.29) is 11.1 Å². The van der Waals surface area contributed by atoms with Gasteiger partial charge in [0.05, 0.1) is 12.7 Å². The van der Waals surface area contributed by atoms with Crippen molar-refractivity contribution in [1.82, 2.24) is 0 Å². The van der Waals surface area contributed by atoms with Gasteiger partial charge in [0.25, 0.3) is 5.78 Å². The minimum Gasteiger partial charge on any atom is -0.475 e. The van der Waals surface area contributed by atoms with Gasteiger partial charge in [-0.3, -0.25) is 4.79 Å². The number of benzene rings is 1. The van der Waals surface area contributed by atoms with Gasteiger partial charge in [-0.1, -0.05) is 0 Å². The third kappa shape index (κ3) is 2.47. The Bertz CT molecular complexity index is 507. The third-order valence-electron chi connectivity index (χ3n) is 2.21. The summed E-state index contributed by atoms with van der Waals surface area (Å²) in [6.45, 7) is 1.33. The number of carbonyl (C=O) groups excluding carboxylic acids is 2. The molecule has 1 N–H and O–H groups in total. The summed E-state index contributed by atoms with van der Waals surface area (Å²) in [6, 6.07) is 1.78. The molecule has 1 aromatic carbocycles. The molecule has 1 rings (SSSR count). The molecule has 0 saturated carbocycles. The second-order valence-electron chi connectivity index (χ2n) is 3.26. The maximum atomic E-state index is 13.4. The van der Waals surface area contributed by atoms with E-state index in [1.807, 2.05) is 0 Å². The monoisotopic (exact) mass is 240 g/mol. The normalized spacial score (nSPS) is 9.82. The Morgan fingerprint density at radius 1 is 1.29 bits per heavy atom. The van der Waals surface area contributed by atoms with Crippen LogP contribution in [-0.2, 0) is 9.53 Å². The first-order valence-corrected chi connectivity index (χ1v) is 4.54. The highest BCUT2D eigenvalue weighted by molar-refractivity contribution is 6.40. The van der Waals surface area contributed by atoms with E-state index >= 15 is 0 Å². The molecule has 0 aliphatic heterocycles. The average molecular weight is 240 g/mol. The summed E-state index contributed by atoms with van der Waals surface area (Å²) in [5.41, 5.74) is -0.572. The van der Waals surface area contributed by atoms with Crippen LogP contribution in [0.5, 0.6) is 0 Å². The first kappa shape index (κ1) is 12.8. The van der Waals surface area contributed by atoms with Gasteiger partial charge in [-0.15, -0.1) is 0 Å². The van der Waals surface area contributed by atoms with Crippen LogP contribution in [-0.4, -0.2) is 29.9 Å². The molecule has 6 heteroatoms. The van der Waals surface area contributed by atoms with Gasteiger partial charge in [-0.25, -0.2) is 14.0 Å². The molecule has 0 saturated heterocycles. The highest BCUT2D eigenvalue weighted by Crippen LogP contribution is 2.17. The van der Waals surface area contributed by atoms with Crippen LogP contribution < -0.4 is 0 Å². The lowest BCUT2D eigenvalue weighted by Gasteiger charge is -2.06. The molecule has 0 aliphatic rings. The van der Waals surface area contributed by atoms with Gasteiger partial charge in [-0.05, 0) is 24.6 Å². The lowest BCUT2D eigenvalue weighted by Crippen LogP contribution is -2.15. The molecule has 0 fully saturated rings. The summed E-state index contributed by atoms with van der Waals surface area (Å²) in [6.07, 6.45) is 0. The van der Waals surface area contributed by atoms with E-state index in [0.717, 1.165) is 19.2 Å². The SMILES string of the molecule is COC(=O)c1cc(C(=O)C(=O)O)cc(F)c1C. The zero-order valence-electron chi connectivity index (χ0n) is 9.11. The number of methoxy groups -OCH3 is 1. The summed E-state index contributed by atoms with van der Waals surface area (Å²) in [4.78, 5) is 32.9. The molecule has 0 bridgehead atoms. The Kier molecular flexibility index (Phi) is 3.57. The maximum absolute atomic E-state index is 13.4. The minimum absolute atomic E-state index is 0.00112. The van der Waals surface area contributed by atoms with Gasteiger partial charge in [0.2, 0.25) is 0 Å². The van der Waals surface area contributed by atoms with E-state index in [0.29, 0.717) is 0 Å². The number of aliphatic carboxylic acids is 1. The van der Waals surface area contributed by atoms with Gasteiger partial charge in [0.1, 0.15) is 5.82 Å². The van der Waals surface area contributed by atoms with E-state index in [1.54, 1.807) is 0 Å². The summed E-state index contributed by atoms with van der Waals surface area (Å²) in [7, 11) is 1.10. The zero-order valence-corrected chi connectivity index (χ0v) is 9.11. The number of ketones is 1. The second kappa shape index (κ2) is 4.73. The molecule has 0 unspecified atom stereocenters. The van der Waals surface area contributed by atoms with Crippen molar-refractivity contribution in [3.05, 3.63) is 34.6 Å². The summed E-state index contributed by atoms with van der Waals surface area (Å²) in [5.74, 6) is -4.67.